The molecule has 0 atom stereocenters. The van der Waals surface area contributed by atoms with E-state index in [9.17, 15) is 0 Å². The summed E-state index contributed by atoms with van der Waals surface area (Å²) >= 11 is 5.56. The molecule has 1 rings (SSSR count). The van der Waals surface area contributed by atoms with Gasteiger partial charge in [0.2, 0.25) is 0 Å². The van der Waals surface area contributed by atoms with E-state index in [4.69, 9.17) is 11.6 Å². The van der Waals surface area contributed by atoms with Gasteiger partial charge in [0.25, 0.3) is 0 Å². The molecule has 1 aliphatic rings. The van der Waals surface area contributed by atoms with Gasteiger partial charge in [0.1, 0.15) is 0 Å². The highest BCUT2D eigenvalue weighted by atomic mass is 35.5. The Balaban J connectivity index is 1.76. The van der Waals surface area contributed by atoms with E-state index in [0.29, 0.717) is 0 Å². The zero-order valence-corrected chi connectivity index (χ0v) is 7.29. The van der Waals surface area contributed by atoms with Crippen LogP contribution in [0.15, 0.2) is 0 Å². The number of hydrogen-bond acceptors (Lipinski definition) is 0. The first-order chi connectivity index (χ1) is 4.93. The predicted molar refractivity (Wildman–Crippen MR) is 46.3 cm³/mol. The molecule has 0 heterocycles. The minimum absolute atomic E-state index is 0.843. The molecule has 10 heavy (non-hydrogen) atoms. The summed E-state index contributed by atoms with van der Waals surface area (Å²) in [6, 6.07) is 0. The molecule has 59 valence electrons. The molecule has 0 saturated heterocycles. The highest BCUT2D eigenvalue weighted by molar-refractivity contribution is 6.17. The molecule has 1 fully saturated rings. The Hall–Kier alpha value is 0.290. The van der Waals surface area contributed by atoms with E-state index in [1.807, 2.05) is 0 Å². The van der Waals surface area contributed by atoms with E-state index in [2.05, 4.69) is 0 Å². The number of rotatable bonds is 5. The van der Waals surface area contributed by atoms with Crippen molar-refractivity contribution in [3.63, 3.8) is 0 Å². The highest BCUT2D eigenvalue weighted by Gasteiger charge is 2.16. The molecule has 1 aliphatic carbocycles. The van der Waals surface area contributed by atoms with Gasteiger partial charge in [0, 0.05) is 5.88 Å². The van der Waals surface area contributed by atoms with E-state index in [1.165, 1.54) is 44.9 Å². The Labute approximate surface area is 69.0 Å². The SMILES string of the molecule is ClCCCCC[C]1CCC1. The maximum absolute atomic E-state index is 5.56. The lowest BCUT2D eigenvalue weighted by atomic mass is 9.82. The van der Waals surface area contributed by atoms with Gasteiger partial charge in [-0.1, -0.05) is 19.3 Å². The van der Waals surface area contributed by atoms with Gasteiger partial charge in [0.05, 0.1) is 0 Å². The van der Waals surface area contributed by atoms with Crippen LogP contribution in [0.3, 0.4) is 0 Å². The lowest BCUT2D eigenvalue weighted by molar-refractivity contribution is 0.487. The first kappa shape index (κ1) is 8.39. The number of halogens is 1. The Morgan fingerprint density at radius 2 is 1.90 bits per heavy atom. The van der Waals surface area contributed by atoms with E-state index < -0.39 is 0 Å². The molecular weight excluding hydrogens is 144 g/mol. The molecule has 0 aromatic heterocycles. The topological polar surface area (TPSA) is 0 Å². The number of unbranched alkanes of at least 4 members (excludes halogenated alkanes) is 2. The standard InChI is InChI=1S/C9H16Cl/c10-8-3-1-2-5-9-6-4-7-9/h1-8H2. The van der Waals surface area contributed by atoms with Crippen molar-refractivity contribution in [1.82, 2.24) is 0 Å². The lowest BCUT2D eigenvalue weighted by Gasteiger charge is -2.24. The molecule has 1 radical (unpaired) electrons. The van der Waals surface area contributed by atoms with Crippen LogP contribution < -0.4 is 0 Å². The zero-order valence-electron chi connectivity index (χ0n) is 6.53. The Morgan fingerprint density at radius 3 is 2.40 bits per heavy atom. The summed E-state index contributed by atoms with van der Waals surface area (Å²) in [5, 5.41) is 0. The van der Waals surface area contributed by atoms with Crippen molar-refractivity contribution >= 4 is 11.6 Å². The van der Waals surface area contributed by atoms with E-state index in [1.54, 1.807) is 5.92 Å². The van der Waals surface area contributed by atoms with Crippen molar-refractivity contribution in [2.75, 3.05) is 5.88 Å². The minimum atomic E-state index is 0.843. The summed E-state index contributed by atoms with van der Waals surface area (Å²) in [6.45, 7) is 0. The second kappa shape index (κ2) is 5.01. The molecule has 0 aromatic carbocycles. The second-order valence-corrected chi connectivity index (χ2v) is 3.48. The third kappa shape index (κ3) is 2.92. The van der Waals surface area contributed by atoms with Crippen LogP contribution in [0.2, 0.25) is 0 Å². The summed E-state index contributed by atoms with van der Waals surface area (Å²) in [4.78, 5) is 0. The summed E-state index contributed by atoms with van der Waals surface area (Å²) in [5.74, 6) is 2.64. The zero-order chi connectivity index (χ0) is 7.23. The van der Waals surface area contributed by atoms with Gasteiger partial charge < -0.3 is 0 Å². The third-order valence-corrected chi connectivity index (χ3v) is 2.49. The first-order valence-electron chi connectivity index (χ1n) is 4.33. The number of alkyl halides is 1. The van der Waals surface area contributed by atoms with Crippen molar-refractivity contribution in [3.05, 3.63) is 5.92 Å². The van der Waals surface area contributed by atoms with Crippen LogP contribution in [-0.4, -0.2) is 5.88 Å². The van der Waals surface area contributed by atoms with Crippen molar-refractivity contribution in [2.24, 2.45) is 0 Å². The summed E-state index contributed by atoms with van der Waals surface area (Å²) in [7, 11) is 0. The summed E-state index contributed by atoms with van der Waals surface area (Å²) < 4.78 is 0. The van der Waals surface area contributed by atoms with Gasteiger partial charge >= 0.3 is 0 Å². The Kier molecular flexibility index (Phi) is 4.20. The molecule has 0 unspecified atom stereocenters. The van der Waals surface area contributed by atoms with Crippen LogP contribution in [0.4, 0.5) is 0 Å². The summed E-state index contributed by atoms with van der Waals surface area (Å²) in [5.41, 5.74) is 0. The average molecular weight is 160 g/mol. The minimum Gasteiger partial charge on any atom is -0.127 e. The third-order valence-electron chi connectivity index (χ3n) is 2.22. The van der Waals surface area contributed by atoms with Crippen LogP contribution in [-0.2, 0) is 0 Å². The van der Waals surface area contributed by atoms with Crippen molar-refractivity contribution < 1.29 is 0 Å². The Morgan fingerprint density at radius 1 is 1.10 bits per heavy atom. The Bertz CT molecular complexity index is 76.8. The van der Waals surface area contributed by atoms with E-state index >= 15 is 0 Å². The summed E-state index contributed by atoms with van der Waals surface area (Å²) in [6.07, 6.45) is 9.58. The molecule has 1 heteroatoms. The van der Waals surface area contributed by atoms with Gasteiger partial charge in [-0.3, -0.25) is 0 Å². The molecule has 0 aliphatic heterocycles. The monoisotopic (exact) mass is 159 g/mol. The van der Waals surface area contributed by atoms with Gasteiger partial charge in [-0.2, -0.15) is 0 Å². The van der Waals surface area contributed by atoms with Crippen LogP contribution >= 0.6 is 11.6 Å². The molecular formula is C9H16Cl. The molecule has 0 nitrogen and oxygen atoms in total. The second-order valence-electron chi connectivity index (χ2n) is 3.10. The molecule has 0 amide bonds. The predicted octanol–water partition coefficient (Wildman–Crippen LogP) is 3.54. The van der Waals surface area contributed by atoms with Crippen molar-refractivity contribution in [2.45, 2.75) is 44.9 Å². The fourth-order valence-electron chi connectivity index (χ4n) is 1.32. The normalized spacial score (nSPS) is 18.9. The van der Waals surface area contributed by atoms with E-state index in [-0.39, 0.29) is 0 Å². The lowest BCUT2D eigenvalue weighted by Crippen LogP contribution is -2.07. The van der Waals surface area contributed by atoms with E-state index in [0.717, 1.165) is 5.88 Å². The smallest absolute Gasteiger partial charge is 0.0223 e. The van der Waals surface area contributed by atoms with Gasteiger partial charge in [-0.25, -0.2) is 0 Å². The molecule has 0 N–H and O–H groups in total. The molecule has 0 bridgehead atoms. The van der Waals surface area contributed by atoms with Crippen molar-refractivity contribution in [1.29, 1.82) is 0 Å². The maximum atomic E-state index is 5.56. The van der Waals surface area contributed by atoms with Crippen LogP contribution in [0.25, 0.3) is 0 Å². The quantitative estimate of drug-likeness (QED) is 0.425. The molecule has 0 spiro atoms. The fraction of sp³-hybridized carbons (Fsp3) is 0.889. The molecule has 0 aromatic rings. The van der Waals surface area contributed by atoms with Gasteiger partial charge in [-0.15, -0.1) is 11.6 Å². The van der Waals surface area contributed by atoms with Gasteiger partial charge in [0.15, 0.2) is 0 Å². The van der Waals surface area contributed by atoms with Crippen LogP contribution in [0.1, 0.15) is 44.9 Å². The number of hydrogen-bond donors (Lipinski definition) is 0. The van der Waals surface area contributed by atoms with Crippen LogP contribution in [0, 0.1) is 5.92 Å². The van der Waals surface area contributed by atoms with Crippen molar-refractivity contribution in [3.8, 4) is 0 Å². The fourth-order valence-corrected chi connectivity index (χ4v) is 1.51. The average Bonchev–Trinajstić information content (AvgIpc) is 1.84. The van der Waals surface area contributed by atoms with Gasteiger partial charge in [-0.05, 0) is 31.6 Å². The largest absolute Gasteiger partial charge is 0.127 e. The maximum Gasteiger partial charge on any atom is 0.0223 e. The van der Waals surface area contributed by atoms with Crippen LogP contribution in [0.5, 0.6) is 0 Å². The first-order valence-corrected chi connectivity index (χ1v) is 4.86. The molecule has 1 saturated carbocycles. The highest BCUT2D eigenvalue weighted by Crippen LogP contribution is 2.33.